The maximum absolute atomic E-state index is 10.3. The summed E-state index contributed by atoms with van der Waals surface area (Å²) in [5.41, 5.74) is 3.36. The number of unbranched alkanes of at least 4 members (excludes halogenated alkanes) is 3. The highest BCUT2D eigenvalue weighted by atomic mass is 16.5. The standard InChI is InChI=1S/C20H25NO2/c1-17-8-5-6-10-20(17)23-15-7-3-2-4-9-18-11-13-19(14-12-18)21-16-22/h5-6,8,10-14,16H,2-4,7,9,15H2,1H3,(H,21,22). The summed E-state index contributed by atoms with van der Waals surface area (Å²) >= 11 is 0. The summed E-state index contributed by atoms with van der Waals surface area (Å²) in [6.45, 7) is 2.86. The van der Waals surface area contributed by atoms with Gasteiger partial charge in [0, 0.05) is 5.69 Å². The second kappa shape index (κ2) is 9.67. The number of aryl methyl sites for hydroxylation is 2. The maximum Gasteiger partial charge on any atom is 0.211 e. The molecule has 1 amide bonds. The van der Waals surface area contributed by atoms with Crippen LogP contribution in [0.5, 0.6) is 5.75 Å². The van der Waals surface area contributed by atoms with E-state index in [1.807, 2.05) is 30.3 Å². The first-order valence-electron chi connectivity index (χ1n) is 8.27. The molecule has 0 saturated carbocycles. The van der Waals surface area contributed by atoms with Gasteiger partial charge in [-0.25, -0.2) is 0 Å². The third kappa shape index (κ3) is 6.15. The molecule has 0 unspecified atom stereocenters. The molecule has 0 fully saturated rings. The lowest BCUT2D eigenvalue weighted by Gasteiger charge is -2.08. The van der Waals surface area contributed by atoms with Crippen LogP contribution in [0.15, 0.2) is 48.5 Å². The molecule has 23 heavy (non-hydrogen) atoms. The Hall–Kier alpha value is -2.29. The Balaban J connectivity index is 1.55. The lowest BCUT2D eigenvalue weighted by molar-refractivity contribution is -0.105. The van der Waals surface area contributed by atoms with Crippen molar-refractivity contribution in [2.45, 2.75) is 39.0 Å². The van der Waals surface area contributed by atoms with Crippen molar-refractivity contribution in [3.8, 4) is 5.75 Å². The van der Waals surface area contributed by atoms with Crippen LogP contribution in [0.2, 0.25) is 0 Å². The largest absolute Gasteiger partial charge is 0.493 e. The Morgan fingerprint density at radius 2 is 1.70 bits per heavy atom. The van der Waals surface area contributed by atoms with Gasteiger partial charge >= 0.3 is 0 Å². The lowest BCUT2D eigenvalue weighted by Crippen LogP contribution is -1.98. The van der Waals surface area contributed by atoms with Crippen molar-refractivity contribution in [1.82, 2.24) is 0 Å². The molecule has 0 bridgehead atoms. The smallest absolute Gasteiger partial charge is 0.211 e. The summed E-state index contributed by atoms with van der Waals surface area (Å²) in [5.74, 6) is 0.997. The number of ether oxygens (including phenoxy) is 1. The van der Waals surface area contributed by atoms with Gasteiger partial charge in [-0.1, -0.05) is 43.2 Å². The number of nitrogens with one attached hydrogen (secondary N) is 1. The molecule has 122 valence electrons. The molecule has 0 saturated heterocycles. The summed E-state index contributed by atoms with van der Waals surface area (Å²) in [7, 11) is 0. The normalized spacial score (nSPS) is 10.3. The van der Waals surface area contributed by atoms with Crippen molar-refractivity contribution in [3.63, 3.8) is 0 Å². The van der Waals surface area contributed by atoms with E-state index in [1.165, 1.54) is 30.4 Å². The summed E-state index contributed by atoms with van der Waals surface area (Å²) in [4.78, 5) is 10.3. The molecule has 0 aromatic heterocycles. The second-order valence-electron chi connectivity index (χ2n) is 5.74. The Kier molecular flexibility index (Phi) is 7.18. The molecule has 0 aliphatic carbocycles. The van der Waals surface area contributed by atoms with Gasteiger partial charge < -0.3 is 10.1 Å². The van der Waals surface area contributed by atoms with E-state index in [4.69, 9.17) is 4.74 Å². The highest BCUT2D eigenvalue weighted by Crippen LogP contribution is 2.17. The predicted molar refractivity (Wildman–Crippen MR) is 95.0 cm³/mol. The third-order valence-corrected chi connectivity index (χ3v) is 3.89. The number of anilines is 1. The second-order valence-corrected chi connectivity index (χ2v) is 5.74. The fourth-order valence-electron chi connectivity index (χ4n) is 2.52. The third-order valence-electron chi connectivity index (χ3n) is 3.89. The zero-order valence-electron chi connectivity index (χ0n) is 13.8. The average Bonchev–Trinajstić information content (AvgIpc) is 2.57. The Bertz CT molecular complexity index is 593. The summed E-state index contributed by atoms with van der Waals surface area (Å²) < 4.78 is 5.80. The van der Waals surface area contributed by atoms with Crippen LogP contribution in [0.1, 0.15) is 36.8 Å². The fraction of sp³-hybridized carbons (Fsp3) is 0.350. The fourth-order valence-corrected chi connectivity index (χ4v) is 2.52. The van der Waals surface area contributed by atoms with Crippen LogP contribution in [-0.4, -0.2) is 13.0 Å². The molecule has 0 spiro atoms. The number of hydrogen-bond acceptors (Lipinski definition) is 2. The number of hydrogen-bond donors (Lipinski definition) is 1. The van der Waals surface area contributed by atoms with E-state index in [1.54, 1.807) is 0 Å². The molecule has 2 aromatic rings. The molecular weight excluding hydrogens is 286 g/mol. The van der Waals surface area contributed by atoms with Gasteiger partial charge in [0.1, 0.15) is 5.75 Å². The molecule has 3 heteroatoms. The van der Waals surface area contributed by atoms with Gasteiger partial charge in [-0.3, -0.25) is 4.79 Å². The topological polar surface area (TPSA) is 38.3 Å². The van der Waals surface area contributed by atoms with E-state index >= 15 is 0 Å². The van der Waals surface area contributed by atoms with Crippen molar-refractivity contribution in [2.24, 2.45) is 0 Å². The van der Waals surface area contributed by atoms with E-state index in [0.717, 1.165) is 30.9 Å². The van der Waals surface area contributed by atoms with E-state index in [2.05, 4.69) is 30.4 Å². The lowest BCUT2D eigenvalue weighted by atomic mass is 10.1. The highest BCUT2D eigenvalue weighted by Gasteiger charge is 1.98. The van der Waals surface area contributed by atoms with E-state index in [0.29, 0.717) is 6.41 Å². The Morgan fingerprint density at radius 1 is 0.957 bits per heavy atom. The number of carbonyl (C=O) groups is 1. The molecule has 1 N–H and O–H groups in total. The molecule has 3 nitrogen and oxygen atoms in total. The van der Waals surface area contributed by atoms with Crippen molar-refractivity contribution in [3.05, 3.63) is 59.7 Å². The van der Waals surface area contributed by atoms with Gasteiger partial charge in [0.15, 0.2) is 0 Å². The number of benzene rings is 2. The molecule has 0 aliphatic rings. The zero-order valence-corrected chi connectivity index (χ0v) is 13.8. The molecular formula is C20H25NO2. The molecule has 0 heterocycles. The predicted octanol–water partition coefficient (Wildman–Crippen LogP) is 4.75. The number of rotatable bonds is 10. The SMILES string of the molecule is Cc1ccccc1OCCCCCCc1ccc(NC=O)cc1. The molecule has 2 rings (SSSR count). The first-order valence-corrected chi connectivity index (χ1v) is 8.27. The van der Waals surface area contributed by atoms with E-state index in [-0.39, 0.29) is 0 Å². The minimum Gasteiger partial charge on any atom is -0.493 e. The van der Waals surface area contributed by atoms with Crippen LogP contribution in [0.3, 0.4) is 0 Å². The van der Waals surface area contributed by atoms with E-state index < -0.39 is 0 Å². The van der Waals surface area contributed by atoms with Crippen molar-refractivity contribution >= 4 is 12.1 Å². The Morgan fingerprint density at radius 3 is 2.43 bits per heavy atom. The number of amides is 1. The molecule has 0 aliphatic heterocycles. The molecule has 0 atom stereocenters. The summed E-state index contributed by atoms with van der Waals surface area (Å²) in [5, 5.41) is 2.65. The maximum atomic E-state index is 10.3. The van der Waals surface area contributed by atoms with Gasteiger partial charge in [-0.2, -0.15) is 0 Å². The minimum atomic E-state index is 0.702. The van der Waals surface area contributed by atoms with Crippen LogP contribution in [0, 0.1) is 6.92 Å². The first kappa shape index (κ1) is 17.1. The van der Waals surface area contributed by atoms with Crippen LogP contribution in [0.25, 0.3) is 0 Å². The van der Waals surface area contributed by atoms with Crippen LogP contribution in [-0.2, 0) is 11.2 Å². The highest BCUT2D eigenvalue weighted by molar-refractivity contribution is 5.71. The first-order chi connectivity index (χ1) is 11.3. The van der Waals surface area contributed by atoms with Crippen LogP contribution in [0.4, 0.5) is 5.69 Å². The summed E-state index contributed by atoms with van der Waals surface area (Å²) in [6.07, 6.45) is 6.47. The van der Waals surface area contributed by atoms with Crippen molar-refractivity contribution < 1.29 is 9.53 Å². The van der Waals surface area contributed by atoms with Gasteiger partial charge in [0.25, 0.3) is 0 Å². The van der Waals surface area contributed by atoms with Gasteiger partial charge in [0.2, 0.25) is 6.41 Å². The summed E-state index contributed by atoms with van der Waals surface area (Å²) in [6, 6.07) is 16.2. The monoisotopic (exact) mass is 311 g/mol. The van der Waals surface area contributed by atoms with Gasteiger partial charge in [-0.05, 0) is 55.5 Å². The van der Waals surface area contributed by atoms with Gasteiger partial charge in [-0.15, -0.1) is 0 Å². The molecule has 0 radical (unpaired) electrons. The average molecular weight is 311 g/mol. The zero-order chi connectivity index (χ0) is 16.3. The quantitative estimate of drug-likeness (QED) is 0.508. The Labute approximate surface area is 138 Å². The van der Waals surface area contributed by atoms with Crippen molar-refractivity contribution in [1.29, 1.82) is 0 Å². The number of carbonyl (C=O) groups excluding carboxylic acids is 1. The van der Waals surface area contributed by atoms with Crippen LogP contribution >= 0.6 is 0 Å². The van der Waals surface area contributed by atoms with Gasteiger partial charge in [0.05, 0.1) is 6.61 Å². The molecule has 2 aromatic carbocycles. The van der Waals surface area contributed by atoms with Crippen molar-refractivity contribution in [2.75, 3.05) is 11.9 Å². The minimum absolute atomic E-state index is 0.702. The van der Waals surface area contributed by atoms with Crippen LogP contribution < -0.4 is 10.1 Å². The number of para-hydroxylation sites is 1. The van der Waals surface area contributed by atoms with E-state index in [9.17, 15) is 4.79 Å².